The lowest BCUT2D eigenvalue weighted by Crippen LogP contribution is -2.48. The van der Waals surface area contributed by atoms with Gasteiger partial charge in [0.1, 0.15) is 0 Å². The molecule has 1 aliphatic carbocycles. The molecule has 1 heterocycles. The lowest BCUT2D eigenvalue weighted by atomic mass is 9.85. The van der Waals surface area contributed by atoms with E-state index in [4.69, 9.17) is 5.11 Å². The van der Waals surface area contributed by atoms with Crippen molar-refractivity contribution in [1.29, 1.82) is 0 Å². The third kappa shape index (κ3) is 3.02. The number of aliphatic carboxylic acids is 1. The summed E-state index contributed by atoms with van der Waals surface area (Å²) in [6.45, 7) is 2.97. The second kappa shape index (κ2) is 5.69. The highest BCUT2D eigenvalue weighted by atomic mass is 16.4. The van der Waals surface area contributed by atoms with Gasteiger partial charge in [0.2, 0.25) is 5.91 Å². The van der Waals surface area contributed by atoms with Crippen molar-refractivity contribution >= 4 is 11.9 Å². The fraction of sp³-hybridized carbons (Fsp3) is 0.846. The number of amides is 1. The summed E-state index contributed by atoms with van der Waals surface area (Å²) in [5.41, 5.74) is 0. The van der Waals surface area contributed by atoms with Crippen LogP contribution in [0.3, 0.4) is 0 Å². The normalized spacial score (nSPS) is 36.3. The molecule has 1 saturated carbocycles. The molecule has 2 aliphatic rings. The molecule has 2 rings (SSSR count). The van der Waals surface area contributed by atoms with Crippen molar-refractivity contribution in [3.63, 3.8) is 0 Å². The molecule has 0 radical (unpaired) electrons. The van der Waals surface area contributed by atoms with Crippen molar-refractivity contribution in [3.8, 4) is 0 Å². The van der Waals surface area contributed by atoms with Gasteiger partial charge in [0.15, 0.2) is 0 Å². The molecule has 4 unspecified atom stereocenters. The number of rotatable bonds is 3. The molecule has 2 fully saturated rings. The maximum Gasteiger partial charge on any atom is 0.306 e. The van der Waals surface area contributed by atoms with Crippen LogP contribution in [0.1, 0.15) is 39.0 Å². The number of carbonyl (C=O) groups is 2. The van der Waals surface area contributed by atoms with E-state index in [0.717, 1.165) is 32.2 Å². The van der Waals surface area contributed by atoms with Crippen LogP contribution in [0, 0.1) is 11.8 Å². The predicted molar refractivity (Wildman–Crippen MR) is 67.1 cm³/mol. The fourth-order valence-electron chi connectivity index (χ4n) is 3.02. The molecule has 1 aliphatic heterocycles. The Bertz CT molecular complexity index is 332. The Morgan fingerprint density at radius 2 is 2.06 bits per heavy atom. The van der Waals surface area contributed by atoms with Crippen LogP contribution in [0.5, 0.6) is 0 Å². The highest BCUT2D eigenvalue weighted by Crippen LogP contribution is 2.25. The number of carbonyl (C=O) groups excluding carboxylic acids is 1. The molecular weight excluding hydrogens is 232 g/mol. The summed E-state index contributed by atoms with van der Waals surface area (Å²) in [6.07, 6.45) is 4.12. The molecule has 102 valence electrons. The zero-order chi connectivity index (χ0) is 13.1. The molecular formula is C13H22N2O3. The Labute approximate surface area is 107 Å². The van der Waals surface area contributed by atoms with Crippen molar-refractivity contribution < 1.29 is 14.7 Å². The highest BCUT2D eigenvalue weighted by molar-refractivity contribution is 5.82. The van der Waals surface area contributed by atoms with Gasteiger partial charge in [-0.1, -0.05) is 13.3 Å². The van der Waals surface area contributed by atoms with Crippen LogP contribution in [0.15, 0.2) is 0 Å². The van der Waals surface area contributed by atoms with Crippen LogP contribution in [-0.4, -0.2) is 35.6 Å². The van der Waals surface area contributed by atoms with Gasteiger partial charge in [-0.25, -0.2) is 0 Å². The van der Waals surface area contributed by atoms with Gasteiger partial charge in [0, 0.05) is 6.04 Å². The maximum atomic E-state index is 12.1. The Hall–Kier alpha value is -1.10. The molecule has 0 aromatic heterocycles. The van der Waals surface area contributed by atoms with Crippen LogP contribution >= 0.6 is 0 Å². The van der Waals surface area contributed by atoms with E-state index in [1.54, 1.807) is 0 Å². The maximum absolute atomic E-state index is 12.1. The van der Waals surface area contributed by atoms with Crippen molar-refractivity contribution in [1.82, 2.24) is 10.6 Å². The molecule has 5 heteroatoms. The van der Waals surface area contributed by atoms with Gasteiger partial charge in [-0.3, -0.25) is 9.59 Å². The quantitative estimate of drug-likeness (QED) is 0.694. The molecule has 4 atom stereocenters. The van der Waals surface area contributed by atoms with Gasteiger partial charge in [-0.05, 0) is 38.1 Å². The van der Waals surface area contributed by atoms with E-state index in [1.165, 1.54) is 0 Å². The number of carboxylic acid groups (broad SMARTS) is 1. The minimum atomic E-state index is -0.735. The lowest BCUT2D eigenvalue weighted by molar-refractivity contribution is -0.143. The number of nitrogens with one attached hydrogen (secondary N) is 2. The molecule has 18 heavy (non-hydrogen) atoms. The van der Waals surface area contributed by atoms with E-state index in [2.05, 4.69) is 17.6 Å². The van der Waals surface area contributed by atoms with Gasteiger partial charge < -0.3 is 15.7 Å². The molecule has 1 amide bonds. The summed E-state index contributed by atoms with van der Waals surface area (Å²) >= 11 is 0. The molecule has 3 N–H and O–H groups in total. The van der Waals surface area contributed by atoms with E-state index in [9.17, 15) is 9.59 Å². The Balaban J connectivity index is 1.85. The van der Waals surface area contributed by atoms with Crippen LogP contribution in [-0.2, 0) is 9.59 Å². The summed E-state index contributed by atoms with van der Waals surface area (Å²) in [6, 6.07) is -0.0721. The number of hydrogen-bond donors (Lipinski definition) is 3. The average molecular weight is 254 g/mol. The largest absolute Gasteiger partial charge is 0.481 e. The second-order valence-corrected chi connectivity index (χ2v) is 5.61. The summed E-state index contributed by atoms with van der Waals surface area (Å²) in [7, 11) is 0. The first-order valence-corrected chi connectivity index (χ1v) is 6.84. The standard InChI is InChI=1S/C13H22N2O3/c1-8-5-6-14-11(8)12(16)15-10-4-2-3-9(7-10)13(17)18/h8-11,14H,2-7H2,1H3,(H,15,16)(H,17,18). The molecule has 0 bridgehead atoms. The SMILES string of the molecule is CC1CCNC1C(=O)NC1CCCC(C(=O)O)C1. The van der Waals surface area contributed by atoms with Crippen LogP contribution in [0.4, 0.5) is 0 Å². The summed E-state index contributed by atoms with van der Waals surface area (Å²) in [4.78, 5) is 23.0. The van der Waals surface area contributed by atoms with Crippen molar-refractivity contribution in [2.75, 3.05) is 6.54 Å². The third-order valence-electron chi connectivity index (χ3n) is 4.19. The predicted octanol–water partition coefficient (Wildman–Crippen LogP) is 0.744. The monoisotopic (exact) mass is 254 g/mol. The molecule has 0 aromatic carbocycles. The van der Waals surface area contributed by atoms with E-state index in [1.807, 2.05) is 0 Å². The average Bonchev–Trinajstić information content (AvgIpc) is 2.76. The van der Waals surface area contributed by atoms with Crippen LogP contribution < -0.4 is 10.6 Å². The minimum absolute atomic E-state index is 0.0296. The van der Waals surface area contributed by atoms with Crippen LogP contribution in [0.25, 0.3) is 0 Å². The summed E-state index contributed by atoms with van der Waals surface area (Å²) in [5.74, 6) is -0.626. The zero-order valence-electron chi connectivity index (χ0n) is 10.8. The van der Waals surface area contributed by atoms with E-state index < -0.39 is 5.97 Å². The fourth-order valence-corrected chi connectivity index (χ4v) is 3.02. The first kappa shape index (κ1) is 13.3. The van der Waals surface area contributed by atoms with E-state index in [-0.39, 0.29) is 23.9 Å². The van der Waals surface area contributed by atoms with Crippen molar-refractivity contribution in [3.05, 3.63) is 0 Å². The van der Waals surface area contributed by atoms with Crippen LogP contribution in [0.2, 0.25) is 0 Å². The minimum Gasteiger partial charge on any atom is -0.481 e. The Kier molecular flexibility index (Phi) is 4.22. The zero-order valence-corrected chi connectivity index (χ0v) is 10.8. The van der Waals surface area contributed by atoms with Gasteiger partial charge in [-0.15, -0.1) is 0 Å². The van der Waals surface area contributed by atoms with Crippen molar-refractivity contribution in [2.45, 2.75) is 51.1 Å². The Morgan fingerprint density at radius 1 is 1.28 bits per heavy atom. The number of hydrogen-bond acceptors (Lipinski definition) is 3. The van der Waals surface area contributed by atoms with Gasteiger partial charge in [0.25, 0.3) is 0 Å². The summed E-state index contributed by atoms with van der Waals surface area (Å²) < 4.78 is 0. The molecule has 0 aromatic rings. The van der Waals surface area contributed by atoms with Gasteiger partial charge >= 0.3 is 5.97 Å². The summed E-state index contributed by atoms with van der Waals surface area (Å²) in [5, 5.41) is 15.2. The molecule has 0 spiro atoms. The van der Waals surface area contributed by atoms with Crippen molar-refractivity contribution in [2.24, 2.45) is 11.8 Å². The van der Waals surface area contributed by atoms with Gasteiger partial charge in [-0.2, -0.15) is 0 Å². The lowest BCUT2D eigenvalue weighted by Gasteiger charge is -2.29. The third-order valence-corrected chi connectivity index (χ3v) is 4.19. The van der Waals surface area contributed by atoms with E-state index in [0.29, 0.717) is 12.3 Å². The number of carboxylic acids is 1. The smallest absolute Gasteiger partial charge is 0.306 e. The first-order chi connectivity index (χ1) is 8.58. The van der Waals surface area contributed by atoms with Gasteiger partial charge in [0.05, 0.1) is 12.0 Å². The Morgan fingerprint density at radius 3 is 2.67 bits per heavy atom. The second-order valence-electron chi connectivity index (χ2n) is 5.61. The van der Waals surface area contributed by atoms with E-state index >= 15 is 0 Å². The molecule has 5 nitrogen and oxygen atoms in total. The topological polar surface area (TPSA) is 78.4 Å². The molecule has 1 saturated heterocycles. The highest BCUT2D eigenvalue weighted by Gasteiger charge is 2.33. The first-order valence-electron chi connectivity index (χ1n) is 6.84.